The molecule has 1 amide bonds. The summed E-state index contributed by atoms with van der Waals surface area (Å²) in [5.74, 6) is 0.588. The molecule has 2 N–H and O–H groups in total. The predicted molar refractivity (Wildman–Crippen MR) is 101 cm³/mol. The molecule has 2 aliphatic rings. The van der Waals surface area contributed by atoms with Gasteiger partial charge in [-0.2, -0.15) is 0 Å². The smallest absolute Gasteiger partial charge is 0.267 e. The molecule has 7 nitrogen and oxygen atoms in total. The minimum atomic E-state index is -0.724. The molecule has 27 heavy (non-hydrogen) atoms. The summed E-state index contributed by atoms with van der Waals surface area (Å²) in [6, 6.07) is 5.94. The third-order valence-electron chi connectivity index (χ3n) is 5.11. The van der Waals surface area contributed by atoms with Gasteiger partial charge in [0.05, 0.1) is 25.0 Å². The van der Waals surface area contributed by atoms with Gasteiger partial charge in [0, 0.05) is 25.1 Å². The molecule has 1 saturated carbocycles. The monoisotopic (exact) mass is 376 g/mol. The first-order valence-corrected chi connectivity index (χ1v) is 9.63. The molecule has 148 valence electrons. The number of hydrogen-bond acceptors (Lipinski definition) is 6. The zero-order chi connectivity index (χ0) is 19.2. The third kappa shape index (κ3) is 4.78. The molecule has 0 saturated heterocycles. The quantitative estimate of drug-likeness (QED) is 0.719. The molecule has 1 atom stereocenters. The van der Waals surface area contributed by atoms with Crippen molar-refractivity contribution >= 4 is 11.6 Å². The highest BCUT2D eigenvalue weighted by Crippen LogP contribution is 2.29. The molecule has 0 radical (unpaired) electrons. The number of aliphatic hydroxyl groups excluding tert-OH is 2. The zero-order valence-electron chi connectivity index (χ0n) is 15.8. The summed E-state index contributed by atoms with van der Waals surface area (Å²) >= 11 is 0. The van der Waals surface area contributed by atoms with Gasteiger partial charge in [0.15, 0.2) is 0 Å². The van der Waals surface area contributed by atoms with E-state index in [9.17, 15) is 4.79 Å². The van der Waals surface area contributed by atoms with Gasteiger partial charge >= 0.3 is 0 Å². The topological polar surface area (TPSA) is 91.6 Å². The van der Waals surface area contributed by atoms with Crippen LogP contribution in [0.2, 0.25) is 0 Å². The van der Waals surface area contributed by atoms with E-state index in [1.807, 2.05) is 25.1 Å². The summed E-state index contributed by atoms with van der Waals surface area (Å²) in [4.78, 5) is 19.3. The zero-order valence-corrected chi connectivity index (χ0v) is 15.8. The lowest BCUT2D eigenvalue weighted by Gasteiger charge is -2.22. The van der Waals surface area contributed by atoms with E-state index < -0.39 is 6.10 Å². The summed E-state index contributed by atoms with van der Waals surface area (Å²) in [6.07, 6.45) is 4.53. The van der Waals surface area contributed by atoms with Crippen LogP contribution in [0, 0.1) is 6.92 Å². The Morgan fingerprint density at radius 3 is 2.63 bits per heavy atom. The summed E-state index contributed by atoms with van der Waals surface area (Å²) in [7, 11) is 0. The van der Waals surface area contributed by atoms with Crippen molar-refractivity contribution in [2.45, 2.75) is 51.2 Å². The van der Waals surface area contributed by atoms with Crippen molar-refractivity contribution in [3.63, 3.8) is 0 Å². The number of nitrogens with zero attached hydrogens (tertiary/aromatic N) is 2. The molecule has 1 unspecified atom stereocenters. The van der Waals surface area contributed by atoms with Gasteiger partial charge < -0.3 is 24.7 Å². The van der Waals surface area contributed by atoms with Gasteiger partial charge in [0.1, 0.15) is 5.75 Å². The van der Waals surface area contributed by atoms with Crippen molar-refractivity contribution in [1.82, 2.24) is 4.90 Å². The number of oxime groups is 1. The van der Waals surface area contributed by atoms with Gasteiger partial charge in [-0.15, -0.1) is 0 Å². The van der Waals surface area contributed by atoms with Crippen LogP contribution in [-0.4, -0.2) is 65.2 Å². The number of carbonyl (C=O) groups is 1. The van der Waals surface area contributed by atoms with Crippen molar-refractivity contribution < 1.29 is 24.6 Å². The Morgan fingerprint density at radius 1 is 1.26 bits per heavy atom. The summed E-state index contributed by atoms with van der Waals surface area (Å²) in [5.41, 5.74) is 2.67. The minimum Gasteiger partial charge on any atom is -0.490 e. The van der Waals surface area contributed by atoms with Crippen LogP contribution in [0.1, 0.15) is 43.2 Å². The molecule has 7 heteroatoms. The highest BCUT2D eigenvalue weighted by molar-refractivity contribution is 6.04. The van der Waals surface area contributed by atoms with E-state index in [0.29, 0.717) is 12.1 Å². The standard InChI is InChI=1S/C20H28N2O5/c1-14-6-7-15(12-18(14)26-16-4-2-3-5-16)17-13-19(27-21-17)20(25)22(8-10-23)9-11-24/h6-7,12,16,19,23-24H,2-5,8-11,13H2,1H3. The van der Waals surface area contributed by atoms with E-state index in [1.165, 1.54) is 17.7 Å². The molecule has 1 aliphatic heterocycles. The Kier molecular flexibility index (Phi) is 6.68. The number of amides is 1. The second-order valence-corrected chi connectivity index (χ2v) is 7.11. The van der Waals surface area contributed by atoms with Crippen LogP contribution in [0.5, 0.6) is 5.75 Å². The lowest BCUT2D eigenvalue weighted by molar-refractivity contribution is -0.143. The van der Waals surface area contributed by atoms with Gasteiger partial charge in [0.25, 0.3) is 5.91 Å². The maximum Gasteiger partial charge on any atom is 0.267 e. The third-order valence-corrected chi connectivity index (χ3v) is 5.11. The molecule has 1 fully saturated rings. The van der Waals surface area contributed by atoms with Crippen LogP contribution in [0.15, 0.2) is 23.4 Å². The Morgan fingerprint density at radius 2 is 1.96 bits per heavy atom. The second kappa shape index (κ2) is 9.19. The molecule has 1 heterocycles. The lowest BCUT2D eigenvalue weighted by atomic mass is 10.0. The van der Waals surface area contributed by atoms with E-state index in [4.69, 9.17) is 19.8 Å². The average Bonchev–Trinajstić information content (AvgIpc) is 3.35. The Balaban J connectivity index is 1.66. The van der Waals surface area contributed by atoms with Crippen LogP contribution < -0.4 is 4.74 Å². The molecule has 0 aromatic heterocycles. The van der Waals surface area contributed by atoms with Crippen molar-refractivity contribution in [1.29, 1.82) is 0 Å². The van der Waals surface area contributed by atoms with Crippen LogP contribution in [0.3, 0.4) is 0 Å². The molecular formula is C20H28N2O5. The van der Waals surface area contributed by atoms with E-state index in [1.54, 1.807) is 0 Å². The largest absolute Gasteiger partial charge is 0.490 e. The normalized spacial score (nSPS) is 19.7. The molecule has 3 rings (SSSR count). The number of rotatable bonds is 8. The Bertz CT molecular complexity index is 679. The average molecular weight is 376 g/mol. The van der Waals surface area contributed by atoms with Gasteiger partial charge in [-0.25, -0.2) is 0 Å². The fraction of sp³-hybridized carbons (Fsp3) is 0.600. The fourth-order valence-electron chi connectivity index (χ4n) is 3.55. The number of benzene rings is 1. The molecule has 0 bridgehead atoms. The Labute approximate surface area is 159 Å². The number of ether oxygens (including phenoxy) is 1. The molecular weight excluding hydrogens is 348 g/mol. The second-order valence-electron chi connectivity index (χ2n) is 7.11. The van der Waals surface area contributed by atoms with Crippen molar-refractivity contribution in [2.75, 3.05) is 26.3 Å². The van der Waals surface area contributed by atoms with Crippen molar-refractivity contribution in [2.24, 2.45) is 5.16 Å². The molecule has 1 aromatic rings. The van der Waals surface area contributed by atoms with Crippen molar-refractivity contribution in [3.05, 3.63) is 29.3 Å². The number of aryl methyl sites for hydroxylation is 1. The van der Waals surface area contributed by atoms with Gasteiger partial charge in [-0.05, 0) is 44.2 Å². The first-order valence-electron chi connectivity index (χ1n) is 9.63. The number of hydrogen-bond donors (Lipinski definition) is 2. The summed E-state index contributed by atoms with van der Waals surface area (Å²) in [5, 5.41) is 22.3. The van der Waals surface area contributed by atoms with Crippen molar-refractivity contribution in [3.8, 4) is 5.75 Å². The highest BCUT2D eigenvalue weighted by Gasteiger charge is 2.32. The number of carbonyl (C=O) groups excluding carboxylic acids is 1. The maximum absolute atomic E-state index is 12.5. The lowest BCUT2D eigenvalue weighted by Crippen LogP contribution is -2.42. The molecule has 1 aromatic carbocycles. The van der Waals surface area contributed by atoms with E-state index in [0.717, 1.165) is 29.7 Å². The van der Waals surface area contributed by atoms with E-state index in [-0.39, 0.29) is 38.3 Å². The molecule has 0 spiro atoms. The maximum atomic E-state index is 12.5. The first kappa shape index (κ1) is 19.6. The van der Waals surface area contributed by atoms with E-state index in [2.05, 4.69) is 5.16 Å². The van der Waals surface area contributed by atoms with Crippen LogP contribution in [0.4, 0.5) is 0 Å². The fourth-order valence-corrected chi connectivity index (χ4v) is 3.55. The van der Waals surface area contributed by atoms with Gasteiger partial charge in [-0.1, -0.05) is 17.3 Å². The summed E-state index contributed by atoms with van der Waals surface area (Å²) in [6.45, 7) is 2.03. The minimum absolute atomic E-state index is 0.161. The molecule has 1 aliphatic carbocycles. The highest BCUT2D eigenvalue weighted by atomic mass is 16.6. The first-order chi connectivity index (χ1) is 13.1. The summed E-state index contributed by atoms with van der Waals surface area (Å²) < 4.78 is 6.16. The van der Waals surface area contributed by atoms with E-state index >= 15 is 0 Å². The Hall–Kier alpha value is -2.12. The van der Waals surface area contributed by atoms with Gasteiger partial charge in [-0.3, -0.25) is 4.79 Å². The number of aliphatic hydroxyl groups is 2. The van der Waals surface area contributed by atoms with Crippen LogP contribution in [-0.2, 0) is 9.63 Å². The van der Waals surface area contributed by atoms with Crippen LogP contribution in [0.25, 0.3) is 0 Å². The van der Waals surface area contributed by atoms with Gasteiger partial charge in [0.2, 0.25) is 6.10 Å². The predicted octanol–water partition coefficient (Wildman–Crippen LogP) is 1.62. The van der Waals surface area contributed by atoms with Crippen LogP contribution >= 0.6 is 0 Å². The SMILES string of the molecule is Cc1ccc(C2=NOC(C(=O)N(CCO)CCO)C2)cc1OC1CCCC1.